The van der Waals surface area contributed by atoms with Gasteiger partial charge in [-0.05, 0) is 29.8 Å². The number of allylic oxidation sites excluding steroid dienone is 1. The highest BCUT2D eigenvalue weighted by Gasteiger charge is 2.12. The number of ether oxygens (including phenoxy) is 1. The van der Waals surface area contributed by atoms with Gasteiger partial charge in [-0.2, -0.15) is 10.5 Å². The lowest BCUT2D eigenvalue weighted by molar-refractivity contribution is -0.384. The van der Waals surface area contributed by atoms with Crippen molar-refractivity contribution in [3.63, 3.8) is 0 Å². The van der Waals surface area contributed by atoms with Crippen molar-refractivity contribution in [2.24, 2.45) is 0 Å². The summed E-state index contributed by atoms with van der Waals surface area (Å²) in [6, 6.07) is 14.6. The second-order valence-corrected chi connectivity index (χ2v) is 4.83. The fourth-order valence-electron chi connectivity index (χ4n) is 2.11. The summed E-state index contributed by atoms with van der Waals surface area (Å²) in [5, 5.41) is 29.4. The van der Waals surface area contributed by atoms with E-state index in [4.69, 9.17) is 16.4 Å². The topological polar surface area (TPSA) is 99.9 Å². The standard InChI is InChI=1S/C19H11N3O3/c1-2-8-25-19-7-6-18(22(23)24)11-16(19)10-17(13-21)15-5-3-4-14(9-15)12-20/h1,3-7,9-11H,8H2/b17-10-. The predicted octanol–water partition coefficient (Wildman–Crippen LogP) is 3.54. The van der Waals surface area contributed by atoms with E-state index in [2.05, 4.69) is 5.92 Å². The van der Waals surface area contributed by atoms with Crippen LogP contribution in [0.25, 0.3) is 11.6 Å². The Kier molecular flexibility index (Phi) is 5.50. The van der Waals surface area contributed by atoms with Crippen LogP contribution in [0.4, 0.5) is 5.69 Å². The van der Waals surface area contributed by atoms with Crippen LogP contribution in [0.1, 0.15) is 16.7 Å². The van der Waals surface area contributed by atoms with E-state index in [1.165, 1.54) is 24.3 Å². The maximum absolute atomic E-state index is 11.0. The summed E-state index contributed by atoms with van der Waals surface area (Å²) in [5.74, 6) is 2.64. The van der Waals surface area contributed by atoms with Crippen molar-refractivity contribution in [3.05, 3.63) is 69.3 Å². The molecule has 2 aromatic carbocycles. The monoisotopic (exact) mass is 329 g/mol. The van der Waals surface area contributed by atoms with E-state index in [9.17, 15) is 15.4 Å². The maximum atomic E-state index is 11.0. The second kappa shape index (κ2) is 7.97. The van der Waals surface area contributed by atoms with Crippen LogP contribution < -0.4 is 4.74 Å². The smallest absolute Gasteiger partial charge is 0.270 e. The molecule has 0 spiro atoms. The summed E-state index contributed by atoms with van der Waals surface area (Å²) < 4.78 is 5.38. The van der Waals surface area contributed by atoms with E-state index in [-0.39, 0.29) is 17.9 Å². The Hall–Kier alpha value is -4.08. The molecule has 0 radical (unpaired) electrons. The third kappa shape index (κ3) is 4.22. The van der Waals surface area contributed by atoms with Crippen LogP contribution in [-0.4, -0.2) is 11.5 Å². The summed E-state index contributed by atoms with van der Waals surface area (Å²) in [4.78, 5) is 10.5. The van der Waals surface area contributed by atoms with Gasteiger partial charge in [0.05, 0.1) is 28.2 Å². The summed E-state index contributed by atoms with van der Waals surface area (Å²) in [6.45, 7) is -0.00947. The first kappa shape index (κ1) is 17.3. The van der Waals surface area contributed by atoms with Gasteiger partial charge in [0, 0.05) is 17.7 Å². The van der Waals surface area contributed by atoms with Crippen molar-refractivity contribution in [2.45, 2.75) is 0 Å². The average Bonchev–Trinajstić information content (AvgIpc) is 2.64. The number of nitro benzene ring substituents is 1. The van der Waals surface area contributed by atoms with E-state index in [1.807, 2.05) is 12.1 Å². The third-order valence-corrected chi connectivity index (χ3v) is 3.24. The van der Waals surface area contributed by atoms with Crippen LogP contribution in [0.2, 0.25) is 0 Å². The van der Waals surface area contributed by atoms with E-state index in [0.717, 1.165) is 0 Å². The molecule has 0 aliphatic rings. The van der Waals surface area contributed by atoms with Gasteiger partial charge in [0.25, 0.3) is 5.69 Å². The first-order chi connectivity index (χ1) is 12.1. The minimum absolute atomic E-state index is 0.00947. The molecule has 0 bridgehead atoms. The molecule has 0 aliphatic heterocycles. The Bertz CT molecular complexity index is 973. The summed E-state index contributed by atoms with van der Waals surface area (Å²) in [5.41, 5.74) is 1.38. The van der Waals surface area contributed by atoms with E-state index < -0.39 is 4.92 Å². The van der Waals surface area contributed by atoms with Crippen LogP contribution in [0, 0.1) is 45.1 Å². The van der Waals surface area contributed by atoms with Crippen LogP contribution in [0.15, 0.2) is 42.5 Å². The highest BCUT2D eigenvalue weighted by molar-refractivity contribution is 5.91. The van der Waals surface area contributed by atoms with Crippen molar-refractivity contribution in [1.29, 1.82) is 10.5 Å². The number of terminal acetylenes is 1. The number of nitro groups is 1. The van der Waals surface area contributed by atoms with Crippen LogP contribution in [0.5, 0.6) is 5.75 Å². The fraction of sp³-hybridized carbons (Fsp3) is 0.0526. The lowest BCUT2D eigenvalue weighted by atomic mass is 10.0. The molecule has 0 saturated heterocycles. The van der Waals surface area contributed by atoms with Gasteiger partial charge in [-0.15, -0.1) is 6.42 Å². The maximum Gasteiger partial charge on any atom is 0.270 e. The zero-order valence-corrected chi connectivity index (χ0v) is 13.0. The second-order valence-electron chi connectivity index (χ2n) is 4.83. The lowest BCUT2D eigenvalue weighted by Crippen LogP contribution is -1.97. The number of benzene rings is 2. The molecule has 0 aliphatic carbocycles. The van der Waals surface area contributed by atoms with Crippen molar-refractivity contribution in [1.82, 2.24) is 0 Å². The SMILES string of the molecule is C#CCOc1ccc([N+](=O)[O-])cc1/C=C(/C#N)c1cccc(C#N)c1. The molecule has 6 nitrogen and oxygen atoms in total. The van der Waals surface area contributed by atoms with E-state index in [1.54, 1.807) is 24.3 Å². The molecule has 25 heavy (non-hydrogen) atoms. The number of hydrogen-bond donors (Lipinski definition) is 0. The van der Waals surface area contributed by atoms with Gasteiger partial charge in [0.1, 0.15) is 12.4 Å². The first-order valence-electron chi connectivity index (χ1n) is 7.06. The van der Waals surface area contributed by atoms with Crippen molar-refractivity contribution < 1.29 is 9.66 Å². The molecule has 0 heterocycles. The molecular weight excluding hydrogens is 318 g/mol. The normalized spacial score (nSPS) is 10.2. The lowest BCUT2D eigenvalue weighted by Gasteiger charge is -2.07. The Balaban J connectivity index is 2.56. The Morgan fingerprint density at radius 3 is 2.72 bits per heavy atom. The predicted molar refractivity (Wildman–Crippen MR) is 92.1 cm³/mol. The summed E-state index contributed by atoms with van der Waals surface area (Å²) >= 11 is 0. The summed E-state index contributed by atoms with van der Waals surface area (Å²) in [7, 11) is 0. The zero-order valence-electron chi connectivity index (χ0n) is 13.0. The number of nitrogens with zero attached hydrogens (tertiary/aromatic N) is 3. The van der Waals surface area contributed by atoms with Crippen molar-refractivity contribution in [3.8, 4) is 30.2 Å². The van der Waals surface area contributed by atoms with Crippen molar-refractivity contribution >= 4 is 17.3 Å². The Morgan fingerprint density at radius 1 is 1.28 bits per heavy atom. The Morgan fingerprint density at radius 2 is 2.08 bits per heavy atom. The quantitative estimate of drug-likeness (QED) is 0.274. The highest BCUT2D eigenvalue weighted by atomic mass is 16.6. The zero-order chi connectivity index (χ0) is 18.2. The Labute approximate surface area is 144 Å². The van der Waals surface area contributed by atoms with E-state index >= 15 is 0 Å². The fourth-order valence-corrected chi connectivity index (χ4v) is 2.11. The molecule has 120 valence electrons. The molecule has 2 aromatic rings. The molecule has 6 heteroatoms. The van der Waals surface area contributed by atoms with Gasteiger partial charge < -0.3 is 4.74 Å². The molecule has 0 unspecified atom stereocenters. The van der Waals surface area contributed by atoms with Gasteiger partial charge in [-0.3, -0.25) is 10.1 Å². The molecule has 0 amide bonds. The van der Waals surface area contributed by atoms with Gasteiger partial charge in [0.15, 0.2) is 0 Å². The number of non-ortho nitro benzene ring substituents is 1. The molecule has 0 N–H and O–H groups in total. The average molecular weight is 329 g/mol. The van der Waals surface area contributed by atoms with Crippen LogP contribution in [-0.2, 0) is 0 Å². The number of hydrogen-bond acceptors (Lipinski definition) is 5. The minimum atomic E-state index is -0.537. The van der Waals surface area contributed by atoms with E-state index in [0.29, 0.717) is 22.4 Å². The first-order valence-corrected chi connectivity index (χ1v) is 7.06. The van der Waals surface area contributed by atoms with Gasteiger partial charge in [0.2, 0.25) is 0 Å². The molecule has 0 aromatic heterocycles. The summed E-state index contributed by atoms with van der Waals surface area (Å²) in [6.07, 6.45) is 6.64. The minimum Gasteiger partial charge on any atom is -0.480 e. The van der Waals surface area contributed by atoms with Gasteiger partial charge in [-0.1, -0.05) is 18.1 Å². The third-order valence-electron chi connectivity index (χ3n) is 3.24. The highest BCUT2D eigenvalue weighted by Crippen LogP contribution is 2.28. The molecule has 2 rings (SSSR count). The van der Waals surface area contributed by atoms with Crippen LogP contribution >= 0.6 is 0 Å². The molecule has 0 saturated carbocycles. The number of nitriles is 2. The number of rotatable bonds is 5. The molecule has 0 atom stereocenters. The largest absolute Gasteiger partial charge is 0.480 e. The van der Waals surface area contributed by atoms with Gasteiger partial charge >= 0.3 is 0 Å². The molecule has 0 fully saturated rings. The molecular formula is C19H11N3O3. The van der Waals surface area contributed by atoms with Gasteiger partial charge in [-0.25, -0.2) is 0 Å². The van der Waals surface area contributed by atoms with Crippen molar-refractivity contribution in [2.75, 3.05) is 6.61 Å². The van der Waals surface area contributed by atoms with Crippen LogP contribution in [0.3, 0.4) is 0 Å².